The average molecular weight is 270 g/mol. The molecule has 0 aromatic heterocycles. The van der Waals surface area contributed by atoms with E-state index in [1.807, 2.05) is 38.1 Å². The molecule has 100 valence electrons. The van der Waals surface area contributed by atoms with Gasteiger partial charge in [-0.1, -0.05) is 19.1 Å². The minimum atomic E-state index is -0.0209. The zero-order valence-electron chi connectivity index (χ0n) is 11.0. The summed E-state index contributed by atoms with van der Waals surface area (Å²) in [5.41, 5.74) is 1.09. The maximum absolute atomic E-state index is 11.6. The first kappa shape index (κ1) is 14.8. The van der Waals surface area contributed by atoms with Crippen molar-refractivity contribution in [2.45, 2.75) is 26.8 Å². The van der Waals surface area contributed by atoms with Gasteiger partial charge in [0.1, 0.15) is 11.6 Å². The highest BCUT2D eigenvalue weighted by Crippen LogP contribution is 2.14. The van der Waals surface area contributed by atoms with Crippen molar-refractivity contribution in [1.29, 1.82) is 0 Å². The predicted molar refractivity (Wildman–Crippen MR) is 74.0 cm³/mol. The average Bonchev–Trinajstić information content (AvgIpc) is 2.40. The third-order valence-corrected chi connectivity index (χ3v) is 2.80. The number of nitrogens with zero attached hydrogens (tertiary/aromatic N) is 1. The molecular weight excluding hydrogens is 250 g/mol. The Hall–Kier alpha value is -1.22. The highest BCUT2D eigenvalue weighted by atomic mass is 35.5. The van der Waals surface area contributed by atoms with E-state index in [2.05, 4.69) is 0 Å². The van der Waals surface area contributed by atoms with Crippen molar-refractivity contribution >= 4 is 17.5 Å². The number of alkyl halides is 1. The first-order valence-electron chi connectivity index (χ1n) is 6.26. The molecule has 0 N–H and O–H groups in total. The highest BCUT2D eigenvalue weighted by molar-refractivity contribution is 6.27. The molecular formula is C14H20ClNO2. The smallest absolute Gasteiger partial charge is 0.237 e. The Balaban J connectivity index is 2.65. The van der Waals surface area contributed by atoms with Crippen molar-refractivity contribution < 1.29 is 9.53 Å². The Kier molecular flexibility index (Phi) is 6.58. The van der Waals surface area contributed by atoms with Crippen molar-refractivity contribution in [3.05, 3.63) is 29.8 Å². The molecule has 0 aliphatic carbocycles. The van der Waals surface area contributed by atoms with E-state index in [0.29, 0.717) is 13.2 Å². The summed E-state index contributed by atoms with van der Waals surface area (Å²) in [6.07, 6.45) is 0.930. The molecule has 18 heavy (non-hydrogen) atoms. The number of hydrogen-bond acceptors (Lipinski definition) is 2. The lowest BCUT2D eigenvalue weighted by atomic mass is 10.2. The third-order valence-electron chi connectivity index (χ3n) is 2.57. The second-order valence-electron chi connectivity index (χ2n) is 4.03. The van der Waals surface area contributed by atoms with Crippen molar-refractivity contribution in [2.24, 2.45) is 0 Å². The standard InChI is InChI=1S/C14H20ClNO2/c1-3-9-16(14(17)10-15)11-12-5-7-13(8-6-12)18-4-2/h5-8H,3-4,9-11H2,1-2H3. The van der Waals surface area contributed by atoms with Crippen LogP contribution >= 0.6 is 11.6 Å². The lowest BCUT2D eigenvalue weighted by Crippen LogP contribution is -2.32. The summed E-state index contributed by atoms with van der Waals surface area (Å²) in [6, 6.07) is 7.81. The van der Waals surface area contributed by atoms with Crippen molar-refractivity contribution in [3.63, 3.8) is 0 Å². The SMILES string of the molecule is CCCN(Cc1ccc(OCC)cc1)C(=O)CCl. The predicted octanol–water partition coefficient (Wildman–Crippen LogP) is 3.06. The molecule has 0 aliphatic heterocycles. The van der Waals surface area contributed by atoms with Gasteiger partial charge < -0.3 is 9.64 Å². The molecule has 1 aromatic carbocycles. The Labute approximate surface area is 114 Å². The van der Waals surface area contributed by atoms with Gasteiger partial charge in [-0.25, -0.2) is 0 Å². The topological polar surface area (TPSA) is 29.5 Å². The molecule has 0 atom stereocenters. The minimum absolute atomic E-state index is 0.0209. The van der Waals surface area contributed by atoms with Crippen LogP contribution in [0.2, 0.25) is 0 Å². The Bertz CT molecular complexity index is 365. The molecule has 0 saturated heterocycles. The van der Waals surface area contributed by atoms with Crippen LogP contribution in [0.1, 0.15) is 25.8 Å². The number of hydrogen-bond donors (Lipinski definition) is 0. The largest absolute Gasteiger partial charge is 0.494 e. The zero-order chi connectivity index (χ0) is 13.4. The molecule has 4 heteroatoms. The van der Waals surface area contributed by atoms with Crippen LogP contribution in [0.5, 0.6) is 5.75 Å². The van der Waals surface area contributed by atoms with E-state index in [0.717, 1.165) is 24.3 Å². The van der Waals surface area contributed by atoms with Crippen molar-refractivity contribution in [1.82, 2.24) is 4.90 Å². The van der Waals surface area contributed by atoms with Gasteiger partial charge in [-0.3, -0.25) is 4.79 Å². The van der Waals surface area contributed by atoms with Gasteiger partial charge in [0.15, 0.2) is 0 Å². The Morgan fingerprint density at radius 2 is 1.94 bits per heavy atom. The normalized spacial score (nSPS) is 10.2. The van der Waals surface area contributed by atoms with E-state index in [-0.39, 0.29) is 11.8 Å². The van der Waals surface area contributed by atoms with Crippen molar-refractivity contribution in [3.8, 4) is 5.75 Å². The van der Waals surface area contributed by atoms with Crippen LogP contribution in [-0.2, 0) is 11.3 Å². The number of halogens is 1. The van der Waals surface area contributed by atoms with Crippen LogP contribution in [0.15, 0.2) is 24.3 Å². The van der Waals surface area contributed by atoms with E-state index in [1.54, 1.807) is 4.90 Å². The van der Waals surface area contributed by atoms with Crippen LogP contribution in [-0.4, -0.2) is 29.8 Å². The number of carbonyl (C=O) groups excluding carboxylic acids is 1. The quantitative estimate of drug-likeness (QED) is 0.712. The number of carbonyl (C=O) groups is 1. The number of rotatable bonds is 7. The fourth-order valence-corrected chi connectivity index (χ4v) is 1.89. The fourth-order valence-electron chi connectivity index (χ4n) is 1.72. The lowest BCUT2D eigenvalue weighted by Gasteiger charge is -2.21. The highest BCUT2D eigenvalue weighted by Gasteiger charge is 2.11. The van der Waals surface area contributed by atoms with Crippen LogP contribution in [0.4, 0.5) is 0 Å². The monoisotopic (exact) mass is 269 g/mol. The number of amides is 1. The van der Waals surface area contributed by atoms with E-state index in [1.165, 1.54) is 0 Å². The van der Waals surface area contributed by atoms with E-state index in [9.17, 15) is 4.79 Å². The summed E-state index contributed by atoms with van der Waals surface area (Å²) in [6.45, 7) is 6.00. The molecule has 0 fully saturated rings. The van der Waals surface area contributed by atoms with Crippen molar-refractivity contribution in [2.75, 3.05) is 19.0 Å². The van der Waals surface area contributed by atoms with Gasteiger partial charge in [0.25, 0.3) is 0 Å². The number of benzene rings is 1. The first-order valence-corrected chi connectivity index (χ1v) is 6.80. The summed E-state index contributed by atoms with van der Waals surface area (Å²) in [5.74, 6) is 0.871. The molecule has 0 spiro atoms. The molecule has 1 amide bonds. The second-order valence-corrected chi connectivity index (χ2v) is 4.29. The molecule has 1 rings (SSSR count). The summed E-state index contributed by atoms with van der Waals surface area (Å²) in [4.78, 5) is 13.4. The molecule has 1 aromatic rings. The molecule has 0 saturated carbocycles. The summed E-state index contributed by atoms with van der Waals surface area (Å²) in [5, 5.41) is 0. The summed E-state index contributed by atoms with van der Waals surface area (Å²) in [7, 11) is 0. The van der Waals surface area contributed by atoms with Crippen LogP contribution in [0.3, 0.4) is 0 Å². The van der Waals surface area contributed by atoms with Gasteiger partial charge >= 0.3 is 0 Å². The second kappa shape index (κ2) is 7.98. The summed E-state index contributed by atoms with van der Waals surface area (Å²) >= 11 is 5.60. The fraction of sp³-hybridized carbons (Fsp3) is 0.500. The van der Waals surface area contributed by atoms with Gasteiger partial charge in [-0.15, -0.1) is 11.6 Å². The van der Waals surface area contributed by atoms with Gasteiger partial charge in [0, 0.05) is 13.1 Å². The molecule has 0 bridgehead atoms. The van der Waals surface area contributed by atoms with Gasteiger partial charge in [-0.05, 0) is 31.0 Å². The van der Waals surface area contributed by atoms with Crippen LogP contribution < -0.4 is 4.74 Å². The van der Waals surface area contributed by atoms with Gasteiger partial charge in [0.2, 0.25) is 5.91 Å². The Morgan fingerprint density at radius 1 is 1.28 bits per heavy atom. The Morgan fingerprint density at radius 3 is 2.44 bits per heavy atom. The van der Waals surface area contributed by atoms with Crippen LogP contribution in [0, 0.1) is 0 Å². The van der Waals surface area contributed by atoms with E-state index >= 15 is 0 Å². The molecule has 3 nitrogen and oxygen atoms in total. The van der Waals surface area contributed by atoms with E-state index in [4.69, 9.17) is 16.3 Å². The van der Waals surface area contributed by atoms with E-state index < -0.39 is 0 Å². The third kappa shape index (κ3) is 4.57. The molecule has 0 aliphatic rings. The summed E-state index contributed by atoms with van der Waals surface area (Å²) < 4.78 is 5.38. The maximum Gasteiger partial charge on any atom is 0.237 e. The lowest BCUT2D eigenvalue weighted by molar-refractivity contribution is -0.129. The first-order chi connectivity index (χ1) is 8.71. The maximum atomic E-state index is 11.6. The molecule has 0 unspecified atom stereocenters. The van der Waals surface area contributed by atoms with Crippen LogP contribution in [0.25, 0.3) is 0 Å². The number of ether oxygens (including phenoxy) is 1. The van der Waals surface area contributed by atoms with Gasteiger partial charge in [-0.2, -0.15) is 0 Å². The molecule has 0 radical (unpaired) electrons. The zero-order valence-corrected chi connectivity index (χ0v) is 11.7. The minimum Gasteiger partial charge on any atom is -0.494 e. The molecule has 0 heterocycles. The van der Waals surface area contributed by atoms with Gasteiger partial charge in [0.05, 0.1) is 6.61 Å².